The molecule has 1 unspecified atom stereocenters. The summed E-state index contributed by atoms with van der Waals surface area (Å²) >= 11 is 1.52. The number of benzene rings is 2. The standard InChI is InChI=1S/C20H22FN3OS/c1-3-13-4-6-14(7-5-13)18(25)23-17-12-15(8-9-16(17)21)20(2)10-11-26-19(22)24-20/h4-9,12H,3,10-11H2,1-2H3,(H2,22,24)(H,23,25). The van der Waals surface area contributed by atoms with Gasteiger partial charge in [0.1, 0.15) is 5.82 Å². The summed E-state index contributed by atoms with van der Waals surface area (Å²) in [5, 5.41) is 3.21. The molecular weight excluding hydrogens is 349 g/mol. The van der Waals surface area contributed by atoms with Crippen molar-refractivity contribution in [2.75, 3.05) is 11.1 Å². The van der Waals surface area contributed by atoms with Crippen LogP contribution in [0.3, 0.4) is 0 Å². The van der Waals surface area contributed by atoms with Crippen LogP contribution in [0.2, 0.25) is 0 Å². The van der Waals surface area contributed by atoms with Gasteiger partial charge >= 0.3 is 0 Å². The van der Waals surface area contributed by atoms with E-state index >= 15 is 0 Å². The molecule has 0 saturated heterocycles. The van der Waals surface area contributed by atoms with E-state index in [2.05, 4.69) is 17.2 Å². The zero-order chi connectivity index (χ0) is 18.7. The Hall–Kier alpha value is -2.34. The number of anilines is 1. The van der Waals surface area contributed by atoms with Crippen LogP contribution >= 0.6 is 11.8 Å². The van der Waals surface area contributed by atoms with Gasteiger partial charge in [0.15, 0.2) is 5.17 Å². The number of nitrogens with one attached hydrogen (secondary N) is 1. The summed E-state index contributed by atoms with van der Waals surface area (Å²) in [6.07, 6.45) is 1.70. The maximum Gasteiger partial charge on any atom is 0.255 e. The largest absolute Gasteiger partial charge is 0.379 e. The molecule has 2 aromatic rings. The van der Waals surface area contributed by atoms with E-state index in [4.69, 9.17) is 5.73 Å². The highest BCUT2D eigenvalue weighted by molar-refractivity contribution is 8.13. The molecule has 0 saturated carbocycles. The van der Waals surface area contributed by atoms with E-state index in [-0.39, 0.29) is 11.6 Å². The Kier molecular flexibility index (Phi) is 5.32. The first-order valence-electron chi connectivity index (χ1n) is 8.60. The lowest BCUT2D eigenvalue weighted by Crippen LogP contribution is -2.29. The smallest absolute Gasteiger partial charge is 0.255 e. The van der Waals surface area contributed by atoms with E-state index in [1.165, 1.54) is 17.8 Å². The Morgan fingerprint density at radius 1 is 1.31 bits per heavy atom. The van der Waals surface area contributed by atoms with Crippen LogP contribution in [0.25, 0.3) is 0 Å². The number of hydrogen-bond donors (Lipinski definition) is 2. The maximum atomic E-state index is 14.3. The Balaban J connectivity index is 1.86. The van der Waals surface area contributed by atoms with Gasteiger partial charge < -0.3 is 11.1 Å². The van der Waals surface area contributed by atoms with Crippen molar-refractivity contribution in [2.45, 2.75) is 32.2 Å². The molecule has 0 bridgehead atoms. The summed E-state index contributed by atoms with van der Waals surface area (Å²) in [5.74, 6) is 0.0448. The number of aryl methyl sites for hydroxylation is 1. The number of nitrogens with two attached hydrogens (primary N) is 1. The predicted molar refractivity (Wildman–Crippen MR) is 106 cm³/mol. The van der Waals surface area contributed by atoms with Crippen molar-refractivity contribution in [1.29, 1.82) is 0 Å². The molecule has 136 valence electrons. The van der Waals surface area contributed by atoms with E-state index in [1.807, 2.05) is 19.1 Å². The molecule has 1 heterocycles. The molecule has 0 aliphatic carbocycles. The van der Waals surface area contributed by atoms with Gasteiger partial charge in [-0.05, 0) is 55.2 Å². The van der Waals surface area contributed by atoms with E-state index < -0.39 is 11.4 Å². The Morgan fingerprint density at radius 3 is 2.69 bits per heavy atom. The normalized spacial score (nSPS) is 19.7. The van der Waals surface area contributed by atoms with Crippen molar-refractivity contribution < 1.29 is 9.18 Å². The number of rotatable bonds is 4. The summed E-state index contributed by atoms with van der Waals surface area (Å²) in [5.41, 5.74) is 7.98. The van der Waals surface area contributed by atoms with Crippen LogP contribution in [0.5, 0.6) is 0 Å². The lowest BCUT2D eigenvalue weighted by Gasteiger charge is -2.30. The highest BCUT2D eigenvalue weighted by atomic mass is 32.2. The van der Waals surface area contributed by atoms with Crippen molar-refractivity contribution in [3.05, 3.63) is 65.0 Å². The van der Waals surface area contributed by atoms with Crippen LogP contribution in [0.1, 0.15) is 41.8 Å². The third-order valence-electron chi connectivity index (χ3n) is 4.66. The van der Waals surface area contributed by atoms with E-state index in [9.17, 15) is 9.18 Å². The molecule has 3 N–H and O–H groups in total. The number of carbonyl (C=O) groups is 1. The molecule has 6 heteroatoms. The van der Waals surface area contributed by atoms with Gasteiger partial charge in [0.05, 0.1) is 11.2 Å². The SMILES string of the molecule is CCc1ccc(C(=O)Nc2cc(C3(C)CCSC(N)=N3)ccc2F)cc1. The van der Waals surface area contributed by atoms with Gasteiger partial charge in [0, 0.05) is 11.3 Å². The monoisotopic (exact) mass is 371 g/mol. The maximum absolute atomic E-state index is 14.3. The molecule has 26 heavy (non-hydrogen) atoms. The lowest BCUT2D eigenvalue weighted by atomic mass is 9.89. The van der Waals surface area contributed by atoms with Crippen LogP contribution in [-0.2, 0) is 12.0 Å². The number of hydrogen-bond acceptors (Lipinski definition) is 4. The predicted octanol–water partition coefficient (Wildman–Crippen LogP) is 4.31. The number of halogens is 1. The fraction of sp³-hybridized carbons (Fsp3) is 0.300. The average molecular weight is 371 g/mol. The highest BCUT2D eigenvalue weighted by Gasteiger charge is 2.30. The number of aliphatic imine (C=N–C) groups is 1. The number of amides is 1. The minimum absolute atomic E-state index is 0.153. The number of carbonyl (C=O) groups excluding carboxylic acids is 1. The topological polar surface area (TPSA) is 67.5 Å². The highest BCUT2D eigenvalue weighted by Crippen LogP contribution is 2.36. The molecule has 0 spiro atoms. The second-order valence-electron chi connectivity index (χ2n) is 6.52. The first-order valence-corrected chi connectivity index (χ1v) is 9.58. The zero-order valence-corrected chi connectivity index (χ0v) is 15.7. The van der Waals surface area contributed by atoms with Crippen LogP contribution in [0, 0.1) is 5.82 Å². The third kappa shape index (κ3) is 3.90. The first kappa shape index (κ1) is 18.5. The van der Waals surface area contributed by atoms with Crippen molar-refractivity contribution in [3.8, 4) is 0 Å². The van der Waals surface area contributed by atoms with Gasteiger partial charge in [-0.1, -0.05) is 36.9 Å². The molecule has 4 nitrogen and oxygen atoms in total. The molecule has 3 rings (SSSR count). The molecule has 1 amide bonds. The minimum atomic E-state index is -0.509. The van der Waals surface area contributed by atoms with Crippen LogP contribution < -0.4 is 11.1 Å². The fourth-order valence-electron chi connectivity index (χ4n) is 2.94. The molecule has 0 radical (unpaired) electrons. The number of amidine groups is 1. The number of nitrogens with zero attached hydrogens (tertiary/aromatic N) is 1. The second kappa shape index (κ2) is 7.50. The fourth-order valence-corrected chi connectivity index (χ4v) is 3.91. The van der Waals surface area contributed by atoms with E-state index in [1.54, 1.807) is 24.3 Å². The Morgan fingerprint density at radius 2 is 2.04 bits per heavy atom. The molecular formula is C20H22FN3OS. The van der Waals surface area contributed by atoms with Crippen LogP contribution in [0.4, 0.5) is 10.1 Å². The van der Waals surface area contributed by atoms with Crippen molar-refractivity contribution in [1.82, 2.24) is 0 Å². The van der Waals surface area contributed by atoms with Gasteiger partial charge in [-0.3, -0.25) is 9.79 Å². The van der Waals surface area contributed by atoms with Crippen LogP contribution in [0.15, 0.2) is 47.5 Å². The summed E-state index contributed by atoms with van der Waals surface area (Å²) < 4.78 is 14.3. The summed E-state index contributed by atoms with van der Waals surface area (Å²) in [4.78, 5) is 17.0. The minimum Gasteiger partial charge on any atom is -0.379 e. The summed E-state index contributed by atoms with van der Waals surface area (Å²) in [7, 11) is 0. The third-order valence-corrected chi connectivity index (χ3v) is 5.45. The lowest BCUT2D eigenvalue weighted by molar-refractivity contribution is 0.102. The molecule has 1 aliphatic heterocycles. The summed E-state index contributed by atoms with van der Waals surface area (Å²) in [6, 6.07) is 12.0. The van der Waals surface area contributed by atoms with Gasteiger partial charge in [-0.15, -0.1) is 0 Å². The number of thioether (sulfide) groups is 1. The second-order valence-corrected chi connectivity index (χ2v) is 7.64. The van der Waals surface area contributed by atoms with Gasteiger partial charge in [0.2, 0.25) is 0 Å². The average Bonchev–Trinajstić information content (AvgIpc) is 2.63. The van der Waals surface area contributed by atoms with Crippen LogP contribution in [-0.4, -0.2) is 16.8 Å². The molecule has 0 aromatic heterocycles. The van der Waals surface area contributed by atoms with Crippen molar-refractivity contribution in [3.63, 3.8) is 0 Å². The molecule has 2 aromatic carbocycles. The van der Waals surface area contributed by atoms with E-state index in [0.29, 0.717) is 10.7 Å². The Bertz CT molecular complexity index is 851. The van der Waals surface area contributed by atoms with E-state index in [0.717, 1.165) is 29.7 Å². The van der Waals surface area contributed by atoms with Gasteiger partial charge in [-0.2, -0.15) is 0 Å². The Labute approximate surface area is 157 Å². The van der Waals surface area contributed by atoms with Gasteiger partial charge in [0.25, 0.3) is 5.91 Å². The zero-order valence-electron chi connectivity index (χ0n) is 14.9. The van der Waals surface area contributed by atoms with Gasteiger partial charge in [-0.25, -0.2) is 4.39 Å². The first-order chi connectivity index (χ1) is 12.4. The molecule has 1 atom stereocenters. The quantitative estimate of drug-likeness (QED) is 0.842. The summed E-state index contributed by atoms with van der Waals surface area (Å²) in [6.45, 7) is 4.03. The molecule has 1 aliphatic rings. The molecule has 0 fully saturated rings. The van der Waals surface area contributed by atoms with Crippen molar-refractivity contribution >= 4 is 28.5 Å². The van der Waals surface area contributed by atoms with Crippen molar-refractivity contribution in [2.24, 2.45) is 10.7 Å².